The fourth-order valence-corrected chi connectivity index (χ4v) is 5.12. The Morgan fingerprint density at radius 2 is 1.62 bits per heavy atom. The normalized spacial score (nSPS) is 16.8. The molecule has 1 saturated heterocycles. The maximum atomic E-state index is 13.4. The van der Waals surface area contributed by atoms with E-state index in [0.29, 0.717) is 35.1 Å². The van der Waals surface area contributed by atoms with Gasteiger partial charge >= 0.3 is 0 Å². The van der Waals surface area contributed by atoms with E-state index < -0.39 is 11.2 Å². The smallest absolute Gasteiger partial charge is 0.264 e. The third kappa shape index (κ3) is 5.51. The minimum absolute atomic E-state index is 0.0612. The Balaban J connectivity index is 1.59. The van der Waals surface area contributed by atoms with E-state index in [0.717, 1.165) is 11.1 Å². The van der Waals surface area contributed by atoms with Crippen LogP contribution in [0.25, 0.3) is 0 Å². The molecule has 1 atom stereocenters. The van der Waals surface area contributed by atoms with Crippen LogP contribution in [0.5, 0.6) is 0 Å². The van der Waals surface area contributed by atoms with Gasteiger partial charge in [0.2, 0.25) is 5.91 Å². The van der Waals surface area contributed by atoms with E-state index in [4.69, 9.17) is 11.6 Å². The predicted molar refractivity (Wildman–Crippen MR) is 136 cm³/mol. The number of amides is 2. The van der Waals surface area contributed by atoms with Crippen LogP contribution in [0.2, 0.25) is 5.02 Å². The number of nitriles is 1. The van der Waals surface area contributed by atoms with Crippen LogP contribution in [0.4, 0.5) is 5.69 Å². The van der Waals surface area contributed by atoms with Gasteiger partial charge in [-0.15, -0.1) is 0 Å². The van der Waals surface area contributed by atoms with Gasteiger partial charge in [0.25, 0.3) is 5.91 Å². The Hall–Kier alpha value is -3.53. The van der Waals surface area contributed by atoms with Crippen molar-refractivity contribution in [3.63, 3.8) is 0 Å². The summed E-state index contributed by atoms with van der Waals surface area (Å²) in [5.74, 6) is -0.646. The van der Waals surface area contributed by atoms with E-state index in [-0.39, 0.29) is 11.5 Å². The second kappa shape index (κ2) is 11.1. The van der Waals surface area contributed by atoms with Crippen molar-refractivity contribution in [2.24, 2.45) is 0 Å². The standard InChI is InChI=1S/C27H22ClN3O2S/c28-21-13-11-20(12-14-21)17-24-26(33)31(22-9-5-2-6-10-22)27(34-24)23(18-29)25(32)30-16-15-19-7-3-1-4-8-19/h1-14,24H,15-17H2,(H,30,32)/b27-23-. The van der Waals surface area contributed by atoms with Crippen LogP contribution in [0.3, 0.4) is 0 Å². The van der Waals surface area contributed by atoms with Crippen LogP contribution in [0.15, 0.2) is 95.5 Å². The Labute approximate surface area is 208 Å². The first-order chi connectivity index (χ1) is 16.6. The molecule has 1 heterocycles. The monoisotopic (exact) mass is 487 g/mol. The lowest BCUT2D eigenvalue weighted by Crippen LogP contribution is -2.32. The van der Waals surface area contributed by atoms with E-state index in [1.807, 2.05) is 66.7 Å². The molecule has 0 aromatic heterocycles. The highest BCUT2D eigenvalue weighted by molar-refractivity contribution is 8.05. The van der Waals surface area contributed by atoms with Gasteiger partial charge < -0.3 is 5.32 Å². The number of carbonyl (C=O) groups is 2. The van der Waals surface area contributed by atoms with Gasteiger partial charge in [-0.25, -0.2) is 0 Å². The number of nitrogens with one attached hydrogen (secondary N) is 1. The molecule has 5 nitrogen and oxygen atoms in total. The molecule has 3 aromatic rings. The van der Waals surface area contributed by atoms with Crippen LogP contribution in [-0.4, -0.2) is 23.6 Å². The van der Waals surface area contributed by atoms with E-state index in [1.54, 1.807) is 24.3 Å². The summed E-state index contributed by atoms with van der Waals surface area (Å²) in [5.41, 5.74) is 2.61. The fraction of sp³-hybridized carbons (Fsp3) is 0.148. The Morgan fingerprint density at radius 1 is 0.971 bits per heavy atom. The van der Waals surface area contributed by atoms with Crippen molar-refractivity contribution in [3.8, 4) is 6.07 Å². The summed E-state index contributed by atoms with van der Waals surface area (Å²) < 4.78 is 0. The number of benzene rings is 3. The van der Waals surface area contributed by atoms with Crippen molar-refractivity contribution in [2.75, 3.05) is 11.4 Å². The average Bonchev–Trinajstić information content (AvgIpc) is 3.17. The summed E-state index contributed by atoms with van der Waals surface area (Å²) in [6.07, 6.45) is 1.11. The van der Waals surface area contributed by atoms with E-state index in [9.17, 15) is 14.9 Å². The van der Waals surface area contributed by atoms with Crippen LogP contribution in [0.1, 0.15) is 11.1 Å². The molecule has 0 aliphatic carbocycles. The minimum Gasteiger partial charge on any atom is -0.351 e. The summed E-state index contributed by atoms with van der Waals surface area (Å²) >= 11 is 7.24. The average molecular weight is 488 g/mol. The lowest BCUT2D eigenvalue weighted by molar-refractivity contribution is -0.117. The number of rotatable bonds is 7. The lowest BCUT2D eigenvalue weighted by atomic mass is 10.1. The van der Waals surface area contributed by atoms with Crippen molar-refractivity contribution >= 4 is 40.9 Å². The molecule has 7 heteroatoms. The summed E-state index contributed by atoms with van der Waals surface area (Å²) in [4.78, 5) is 27.9. The topological polar surface area (TPSA) is 73.2 Å². The van der Waals surface area contributed by atoms with Crippen LogP contribution in [-0.2, 0) is 22.4 Å². The molecule has 34 heavy (non-hydrogen) atoms. The Morgan fingerprint density at radius 3 is 2.26 bits per heavy atom. The minimum atomic E-state index is -0.484. The number of carbonyl (C=O) groups excluding carboxylic acids is 2. The quantitative estimate of drug-likeness (QED) is 0.370. The zero-order valence-electron chi connectivity index (χ0n) is 18.3. The predicted octanol–water partition coefficient (Wildman–Crippen LogP) is 5.13. The third-order valence-electron chi connectivity index (χ3n) is 5.40. The van der Waals surface area contributed by atoms with E-state index in [2.05, 4.69) is 5.32 Å². The second-order valence-corrected chi connectivity index (χ2v) is 9.36. The molecule has 1 fully saturated rings. The van der Waals surface area contributed by atoms with Gasteiger partial charge in [-0.3, -0.25) is 14.5 Å². The van der Waals surface area contributed by atoms with Crippen molar-refractivity contribution < 1.29 is 9.59 Å². The second-order valence-electron chi connectivity index (χ2n) is 7.73. The van der Waals surface area contributed by atoms with Gasteiger partial charge in [0.1, 0.15) is 16.7 Å². The summed E-state index contributed by atoms with van der Waals surface area (Å²) in [6.45, 7) is 0.388. The molecule has 1 N–H and O–H groups in total. The SMILES string of the molecule is N#C/C(C(=O)NCCc1ccccc1)=C1/SC(Cc2ccc(Cl)cc2)C(=O)N1c1ccccc1. The molecule has 2 amide bonds. The van der Waals surface area contributed by atoms with Crippen molar-refractivity contribution in [1.29, 1.82) is 5.26 Å². The molecule has 4 rings (SSSR count). The summed E-state index contributed by atoms with van der Waals surface area (Å²) in [6, 6.07) is 28.3. The number of halogens is 1. The van der Waals surface area contributed by atoms with Gasteiger partial charge in [-0.1, -0.05) is 84.0 Å². The molecular weight excluding hydrogens is 466 g/mol. The third-order valence-corrected chi connectivity index (χ3v) is 6.91. The molecule has 170 valence electrons. The number of hydrogen-bond donors (Lipinski definition) is 1. The summed E-state index contributed by atoms with van der Waals surface area (Å²) in [7, 11) is 0. The number of para-hydroxylation sites is 1. The molecular formula is C27H22ClN3O2S. The fourth-order valence-electron chi connectivity index (χ4n) is 3.69. The molecule has 1 unspecified atom stereocenters. The van der Waals surface area contributed by atoms with Gasteiger partial charge in [0, 0.05) is 17.3 Å². The van der Waals surface area contributed by atoms with Crippen molar-refractivity contribution in [3.05, 3.63) is 112 Å². The molecule has 1 aliphatic heterocycles. The summed E-state index contributed by atoms with van der Waals surface area (Å²) in [5, 5.41) is 13.2. The number of nitrogens with zero attached hydrogens (tertiary/aromatic N) is 2. The van der Waals surface area contributed by atoms with Crippen molar-refractivity contribution in [2.45, 2.75) is 18.1 Å². The molecule has 0 radical (unpaired) electrons. The first kappa shape index (κ1) is 23.6. The zero-order valence-corrected chi connectivity index (χ0v) is 19.9. The highest BCUT2D eigenvalue weighted by Crippen LogP contribution is 2.41. The first-order valence-electron chi connectivity index (χ1n) is 10.8. The van der Waals surface area contributed by atoms with Crippen LogP contribution in [0, 0.1) is 11.3 Å². The van der Waals surface area contributed by atoms with E-state index >= 15 is 0 Å². The van der Waals surface area contributed by atoms with Crippen LogP contribution >= 0.6 is 23.4 Å². The van der Waals surface area contributed by atoms with Crippen molar-refractivity contribution in [1.82, 2.24) is 5.32 Å². The highest BCUT2D eigenvalue weighted by Gasteiger charge is 2.40. The van der Waals surface area contributed by atoms with E-state index in [1.165, 1.54) is 16.7 Å². The molecule has 1 aliphatic rings. The maximum Gasteiger partial charge on any atom is 0.264 e. The molecule has 3 aromatic carbocycles. The van der Waals surface area contributed by atoms with Gasteiger partial charge in [-0.2, -0.15) is 5.26 Å². The number of thioether (sulfide) groups is 1. The number of anilines is 1. The molecule has 0 bridgehead atoms. The van der Waals surface area contributed by atoms with Crippen LogP contribution < -0.4 is 10.2 Å². The molecule has 0 spiro atoms. The maximum absolute atomic E-state index is 13.4. The highest BCUT2D eigenvalue weighted by atomic mass is 35.5. The Bertz CT molecular complexity index is 1240. The lowest BCUT2D eigenvalue weighted by Gasteiger charge is -2.18. The molecule has 0 saturated carbocycles. The first-order valence-corrected chi connectivity index (χ1v) is 12.1. The van der Waals surface area contributed by atoms with Gasteiger partial charge in [0.15, 0.2) is 0 Å². The largest absolute Gasteiger partial charge is 0.351 e. The number of hydrogen-bond acceptors (Lipinski definition) is 4. The van der Waals surface area contributed by atoms with Gasteiger partial charge in [-0.05, 0) is 48.2 Å². The Kier molecular flexibility index (Phi) is 7.69. The zero-order chi connectivity index (χ0) is 23.9. The van der Waals surface area contributed by atoms with Gasteiger partial charge in [0.05, 0.1) is 5.25 Å².